The van der Waals surface area contributed by atoms with Crippen LogP contribution in [0.5, 0.6) is 11.6 Å². The molecule has 3 saturated heterocycles. The van der Waals surface area contributed by atoms with E-state index in [9.17, 15) is 24.6 Å². The number of anilines is 3. The number of aromatic hydroxyl groups is 1. The van der Waals surface area contributed by atoms with Gasteiger partial charge in [0.05, 0.1) is 80.2 Å². The highest BCUT2D eigenvalue weighted by Gasteiger charge is 2.46. The Kier molecular flexibility index (Phi) is 18.9. The second-order valence-corrected chi connectivity index (χ2v) is 22.0. The fourth-order valence-corrected chi connectivity index (χ4v) is 12.1. The molecule has 3 aromatic carbocycles. The van der Waals surface area contributed by atoms with Crippen molar-refractivity contribution in [3.05, 3.63) is 125 Å². The average molecular weight is 1140 g/mol. The first-order chi connectivity index (χ1) is 39.9. The summed E-state index contributed by atoms with van der Waals surface area (Å²) < 4.78 is 28.7. The average Bonchev–Trinajstić information content (AvgIpc) is 4.42. The number of ether oxygens (including phenoxy) is 5. The SMILES string of the molecule is CC(C)[C@@H](C(=O)N1C[C@H](O)C[C@H]1C(=O)N[C@@H](C)c1ccc(-c2scnc2C#CCOCCOCCOCCOCCOc2cc(N3C4CCC3CN(c3cc(-c5ccccc5O)nnc3N)C4)ccn2)cc1)N1Cc2ccccc2C1=O. The van der Waals surface area contributed by atoms with E-state index < -0.39 is 18.2 Å². The summed E-state index contributed by atoms with van der Waals surface area (Å²) in [6, 6.07) is 26.7. The normalized spacial score (nSPS) is 19.1. The monoisotopic (exact) mass is 1130 g/mol. The number of carbonyl (C=O) groups excluding carboxylic acids is 3. The maximum absolute atomic E-state index is 14.2. The van der Waals surface area contributed by atoms with Crippen molar-refractivity contribution in [1.82, 2.24) is 35.3 Å². The van der Waals surface area contributed by atoms with E-state index in [4.69, 9.17) is 29.4 Å². The van der Waals surface area contributed by atoms with Gasteiger partial charge in [-0.15, -0.1) is 21.5 Å². The Hall–Kier alpha value is -7.71. The minimum Gasteiger partial charge on any atom is -0.507 e. The molecular weight excluding hydrogens is 1060 g/mol. The van der Waals surface area contributed by atoms with E-state index in [0.29, 0.717) is 93.6 Å². The Morgan fingerprint density at radius 1 is 0.817 bits per heavy atom. The van der Waals surface area contributed by atoms with Gasteiger partial charge in [-0.3, -0.25) is 14.4 Å². The molecule has 0 saturated carbocycles. The van der Waals surface area contributed by atoms with Crippen molar-refractivity contribution in [1.29, 1.82) is 0 Å². The summed E-state index contributed by atoms with van der Waals surface area (Å²) >= 11 is 1.48. The second kappa shape index (κ2) is 26.9. The van der Waals surface area contributed by atoms with Crippen LogP contribution in [0.15, 0.2) is 103 Å². The number of aliphatic hydroxyl groups is 1. The van der Waals surface area contributed by atoms with Gasteiger partial charge in [-0.1, -0.05) is 74.4 Å². The molecule has 82 heavy (non-hydrogen) atoms. The van der Waals surface area contributed by atoms with Crippen LogP contribution in [-0.2, 0) is 35.1 Å². The molecule has 0 spiro atoms. The molecule has 0 aliphatic carbocycles. The van der Waals surface area contributed by atoms with Crippen molar-refractivity contribution in [3.8, 4) is 45.2 Å². The van der Waals surface area contributed by atoms with Crippen molar-refractivity contribution in [3.63, 3.8) is 0 Å². The molecule has 5 N–H and O–H groups in total. The Morgan fingerprint density at radius 2 is 1.50 bits per heavy atom. The first kappa shape index (κ1) is 57.5. The zero-order valence-electron chi connectivity index (χ0n) is 46.4. The summed E-state index contributed by atoms with van der Waals surface area (Å²) in [6.07, 6.45) is 3.13. The smallest absolute Gasteiger partial charge is 0.255 e. The van der Waals surface area contributed by atoms with E-state index in [1.807, 2.05) is 93.6 Å². The summed E-state index contributed by atoms with van der Waals surface area (Å²) in [5.74, 6) is 6.12. The topological polar surface area (TPSA) is 240 Å². The van der Waals surface area contributed by atoms with Crippen LogP contribution in [0, 0.1) is 17.8 Å². The molecule has 3 amide bonds. The number of nitrogen functional groups attached to an aromatic ring is 1. The van der Waals surface area contributed by atoms with Gasteiger partial charge in [0, 0.05) is 73.8 Å². The molecule has 2 unspecified atom stereocenters. The number of aliphatic hydroxyl groups excluding tert-OH is 1. The van der Waals surface area contributed by atoms with Crippen molar-refractivity contribution in [2.24, 2.45) is 5.92 Å². The molecule has 430 valence electrons. The van der Waals surface area contributed by atoms with E-state index in [1.54, 1.807) is 34.8 Å². The number of nitrogens with zero attached hydrogens (tertiary/aromatic N) is 8. The van der Waals surface area contributed by atoms with Gasteiger partial charge in [-0.2, -0.15) is 0 Å². The molecule has 0 radical (unpaired) electrons. The molecule has 4 aliphatic rings. The van der Waals surface area contributed by atoms with Crippen molar-refractivity contribution in [2.75, 3.05) is 94.6 Å². The number of likely N-dealkylation sites (tertiary alicyclic amines) is 1. The zero-order chi connectivity index (χ0) is 57.1. The molecule has 2 bridgehead atoms. The number of phenolic OH excluding ortho intramolecular Hbond substituents is 1. The highest BCUT2D eigenvalue weighted by molar-refractivity contribution is 7.13. The molecule has 10 rings (SSSR count). The number of hydrogen-bond acceptors (Lipinski definition) is 18. The highest BCUT2D eigenvalue weighted by Crippen LogP contribution is 2.40. The van der Waals surface area contributed by atoms with Gasteiger partial charge in [0.25, 0.3) is 5.91 Å². The van der Waals surface area contributed by atoms with Crippen LogP contribution >= 0.6 is 11.3 Å². The largest absolute Gasteiger partial charge is 0.507 e. The number of aromatic nitrogens is 4. The number of para-hydroxylation sites is 1. The van der Waals surface area contributed by atoms with Crippen LogP contribution < -0.4 is 25.6 Å². The van der Waals surface area contributed by atoms with Crippen molar-refractivity contribution >= 4 is 46.3 Å². The van der Waals surface area contributed by atoms with Gasteiger partial charge < -0.3 is 64.5 Å². The van der Waals surface area contributed by atoms with E-state index >= 15 is 0 Å². The Labute approximate surface area is 481 Å². The maximum atomic E-state index is 14.2. The first-order valence-corrected chi connectivity index (χ1v) is 28.8. The van der Waals surface area contributed by atoms with Gasteiger partial charge in [0.1, 0.15) is 36.7 Å². The standard InChI is InChI=1S/C61H70N10O10S/c1-39(2)56(70-34-43-9-4-5-10-48(43)60(70)75)61(76)69-37-47(72)32-53(69)59(74)65-40(3)41-14-16-42(17-15-41)57-50(64-38-82-57)12-8-22-77-23-24-78-25-26-79-27-28-80-29-30-81-55-31-44(20-21-63-55)71-45-18-19-46(71)36-68(35-45)52-33-51(66-67-58(52)62)49-11-6-7-13-54(49)73/h4-7,9-11,13-17,20-21,31,33,38-40,45-47,53,56,72-73H,18-19,22-30,32,34-37H2,1-3H3,(H2,62,67)(H,65,74)/t40-,45?,46?,47+,53-,56-/m0/s1. The van der Waals surface area contributed by atoms with Gasteiger partial charge in [0.15, 0.2) is 5.82 Å². The minimum absolute atomic E-state index is 0.0178. The van der Waals surface area contributed by atoms with Gasteiger partial charge in [0.2, 0.25) is 17.7 Å². The quantitative estimate of drug-likeness (QED) is 0.0394. The lowest BCUT2D eigenvalue weighted by Gasteiger charge is -2.43. The Balaban J connectivity index is 0.578. The van der Waals surface area contributed by atoms with Gasteiger partial charge in [-0.05, 0) is 78.6 Å². The number of thiazole rings is 1. The number of nitrogens with two attached hydrogens (primary N) is 1. The number of rotatable bonds is 24. The predicted molar refractivity (Wildman–Crippen MR) is 310 cm³/mol. The van der Waals surface area contributed by atoms with E-state index in [-0.39, 0.29) is 67.1 Å². The van der Waals surface area contributed by atoms with Crippen LogP contribution in [0.25, 0.3) is 21.7 Å². The van der Waals surface area contributed by atoms with Crippen molar-refractivity contribution in [2.45, 2.75) is 82.9 Å². The van der Waals surface area contributed by atoms with E-state index in [1.165, 1.54) is 16.2 Å². The predicted octanol–water partition coefficient (Wildman–Crippen LogP) is 6.12. The summed E-state index contributed by atoms with van der Waals surface area (Å²) in [6.45, 7) is 11.0. The third-order valence-electron chi connectivity index (χ3n) is 15.3. The first-order valence-electron chi connectivity index (χ1n) is 28.0. The molecule has 7 heterocycles. The van der Waals surface area contributed by atoms with E-state index in [0.717, 1.165) is 58.9 Å². The second-order valence-electron chi connectivity index (χ2n) is 21.2. The number of nitrogens with one attached hydrogen (secondary N) is 1. The molecule has 21 heteroatoms. The third-order valence-corrected chi connectivity index (χ3v) is 16.2. The summed E-state index contributed by atoms with van der Waals surface area (Å²) in [4.78, 5) is 59.0. The summed E-state index contributed by atoms with van der Waals surface area (Å²) in [5.41, 5.74) is 15.1. The molecule has 20 nitrogen and oxygen atoms in total. The maximum Gasteiger partial charge on any atom is 0.255 e. The number of phenols is 1. The lowest BCUT2D eigenvalue weighted by atomic mass is 10.00. The number of hydrogen-bond donors (Lipinski definition) is 4. The number of β-amino-alcohol motifs (C(OH)–C–C–N with tert-alkyl or cyclic N) is 1. The van der Waals surface area contributed by atoms with Gasteiger partial charge in [-0.25, -0.2) is 9.97 Å². The molecule has 4 aliphatic heterocycles. The van der Waals surface area contributed by atoms with Crippen molar-refractivity contribution < 1.29 is 48.3 Å². The fourth-order valence-electron chi connectivity index (χ4n) is 11.3. The summed E-state index contributed by atoms with van der Waals surface area (Å²) in [5, 5.41) is 32.7. The molecular formula is C61H70N10O10S. The van der Waals surface area contributed by atoms with Crippen LogP contribution in [0.1, 0.15) is 73.3 Å². The van der Waals surface area contributed by atoms with Crippen LogP contribution in [0.3, 0.4) is 0 Å². The number of fused-ring (bicyclic) bond motifs is 3. The molecule has 3 aromatic heterocycles. The number of carbonyl (C=O) groups is 3. The number of piperazine rings is 1. The minimum atomic E-state index is -0.877. The number of pyridine rings is 1. The number of amides is 3. The lowest BCUT2D eigenvalue weighted by Crippen LogP contribution is -2.55. The van der Waals surface area contributed by atoms with Crippen LogP contribution in [0.2, 0.25) is 0 Å². The summed E-state index contributed by atoms with van der Waals surface area (Å²) in [7, 11) is 0. The molecule has 6 atom stereocenters. The fraction of sp³-hybridized carbons (Fsp3) is 0.426. The van der Waals surface area contributed by atoms with Gasteiger partial charge >= 0.3 is 0 Å². The lowest BCUT2D eigenvalue weighted by molar-refractivity contribution is -0.143. The Bertz CT molecular complexity index is 3230. The van der Waals surface area contributed by atoms with Crippen LogP contribution in [-0.4, -0.2) is 167 Å². The molecule has 3 fully saturated rings. The van der Waals surface area contributed by atoms with E-state index in [2.05, 4.69) is 47.1 Å². The Morgan fingerprint density at radius 3 is 2.21 bits per heavy atom. The van der Waals surface area contributed by atoms with Crippen LogP contribution in [0.4, 0.5) is 17.2 Å². The number of benzene rings is 3. The highest BCUT2D eigenvalue weighted by atomic mass is 32.1. The molecule has 6 aromatic rings. The zero-order valence-corrected chi connectivity index (χ0v) is 47.2. The third kappa shape index (κ3) is 13.4.